The van der Waals surface area contributed by atoms with Crippen molar-refractivity contribution in [3.8, 4) is 11.5 Å². The van der Waals surface area contributed by atoms with Gasteiger partial charge in [0.15, 0.2) is 18.1 Å². The van der Waals surface area contributed by atoms with Crippen molar-refractivity contribution in [3.05, 3.63) is 60.2 Å². The van der Waals surface area contributed by atoms with E-state index in [2.05, 4.69) is 10.9 Å². The molecule has 2 amide bonds. The van der Waals surface area contributed by atoms with Crippen LogP contribution in [0.25, 0.3) is 0 Å². The van der Waals surface area contributed by atoms with Crippen LogP contribution in [-0.4, -0.2) is 18.4 Å². The van der Waals surface area contributed by atoms with Gasteiger partial charge in [-0.15, -0.1) is 0 Å². The summed E-state index contributed by atoms with van der Waals surface area (Å²) in [5.41, 5.74) is 5.78. The molecule has 0 aromatic heterocycles. The molecule has 0 bridgehead atoms. The zero-order valence-electron chi connectivity index (χ0n) is 13.7. The maximum atomic E-state index is 11.8. The van der Waals surface area contributed by atoms with Gasteiger partial charge in [-0.25, -0.2) is 0 Å². The minimum Gasteiger partial charge on any atom is -0.485 e. The Kier molecular flexibility index (Phi) is 5.51. The highest BCUT2D eigenvalue weighted by Gasteiger charge is 2.29. The number of ether oxygens (including phenoxy) is 2. The molecule has 2 N–H and O–H groups in total. The van der Waals surface area contributed by atoms with Gasteiger partial charge in [-0.05, 0) is 30.5 Å². The van der Waals surface area contributed by atoms with E-state index >= 15 is 0 Å². The topological polar surface area (TPSA) is 76.7 Å². The van der Waals surface area contributed by atoms with Crippen molar-refractivity contribution in [2.45, 2.75) is 19.4 Å². The average Bonchev–Trinajstić information content (AvgIpc) is 3.49. The molecule has 0 aliphatic heterocycles. The lowest BCUT2D eigenvalue weighted by molar-refractivity contribution is -0.130. The van der Waals surface area contributed by atoms with E-state index in [4.69, 9.17) is 9.47 Å². The molecule has 6 heteroatoms. The van der Waals surface area contributed by atoms with E-state index in [1.165, 1.54) is 0 Å². The van der Waals surface area contributed by atoms with E-state index in [-0.39, 0.29) is 18.4 Å². The van der Waals surface area contributed by atoms with Crippen LogP contribution >= 0.6 is 0 Å². The number of amides is 2. The molecule has 0 atom stereocenters. The van der Waals surface area contributed by atoms with Gasteiger partial charge in [0.05, 0.1) is 0 Å². The van der Waals surface area contributed by atoms with Gasteiger partial charge in [-0.2, -0.15) is 0 Å². The minimum absolute atomic E-state index is 0.0355. The van der Waals surface area contributed by atoms with Gasteiger partial charge in [0.2, 0.25) is 5.91 Å². The Labute approximate surface area is 146 Å². The molecule has 0 unspecified atom stereocenters. The Morgan fingerprint density at radius 3 is 2.20 bits per heavy atom. The van der Waals surface area contributed by atoms with Crippen molar-refractivity contribution in [2.75, 3.05) is 6.61 Å². The van der Waals surface area contributed by atoms with Gasteiger partial charge < -0.3 is 9.47 Å². The molecule has 0 spiro atoms. The molecular formula is C19H20N2O4. The van der Waals surface area contributed by atoms with Crippen LogP contribution in [0.15, 0.2) is 54.6 Å². The number of carbonyl (C=O) groups is 2. The van der Waals surface area contributed by atoms with Crippen molar-refractivity contribution in [1.29, 1.82) is 0 Å². The van der Waals surface area contributed by atoms with Gasteiger partial charge in [0.1, 0.15) is 6.61 Å². The Morgan fingerprint density at radius 2 is 1.52 bits per heavy atom. The van der Waals surface area contributed by atoms with Crippen molar-refractivity contribution in [1.82, 2.24) is 10.9 Å². The normalized spacial score (nSPS) is 13.0. The van der Waals surface area contributed by atoms with E-state index in [0.29, 0.717) is 18.1 Å². The highest BCUT2D eigenvalue weighted by Crippen LogP contribution is 2.28. The second kappa shape index (κ2) is 8.19. The van der Waals surface area contributed by atoms with Crippen LogP contribution in [0.2, 0.25) is 0 Å². The number of carbonyl (C=O) groups excluding carboxylic acids is 2. The monoisotopic (exact) mass is 340 g/mol. The highest BCUT2D eigenvalue weighted by molar-refractivity contribution is 5.85. The molecule has 0 heterocycles. The van der Waals surface area contributed by atoms with E-state index in [1.54, 1.807) is 18.2 Å². The Bertz CT molecular complexity index is 729. The molecule has 0 radical (unpaired) electrons. The summed E-state index contributed by atoms with van der Waals surface area (Å²) in [6.07, 6.45) is 1.76. The highest BCUT2D eigenvalue weighted by atomic mass is 16.5. The summed E-state index contributed by atoms with van der Waals surface area (Å²) < 4.78 is 11.3. The zero-order chi connectivity index (χ0) is 17.5. The lowest BCUT2D eigenvalue weighted by Crippen LogP contribution is -2.44. The second-order valence-electron chi connectivity index (χ2n) is 5.82. The number of rotatable bonds is 7. The molecule has 1 aliphatic rings. The SMILES string of the molecule is O=C(COc1ccccc1OCc1ccccc1)NNC(=O)C1CC1. The van der Waals surface area contributed by atoms with Gasteiger partial charge in [-0.1, -0.05) is 42.5 Å². The van der Waals surface area contributed by atoms with Crippen LogP contribution in [0.4, 0.5) is 0 Å². The molecule has 6 nitrogen and oxygen atoms in total. The number of para-hydroxylation sites is 2. The molecule has 1 fully saturated rings. The molecule has 0 saturated heterocycles. The van der Waals surface area contributed by atoms with E-state index in [1.807, 2.05) is 36.4 Å². The molecule has 130 valence electrons. The third-order valence-corrected chi connectivity index (χ3v) is 3.72. The summed E-state index contributed by atoms with van der Waals surface area (Å²) in [7, 11) is 0. The predicted molar refractivity (Wildman–Crippen MR) is 91.7 cm³/mol. The molecule has 2 aromatic rings. The summed E-state index contributed by atoms with van der Waals surface area (Å²) in [5.74, 6) is 0.489. The first-order valence-corrected chi connectivity index (χ1v) is 8.19. The number of benzene rings is 2. The number of hydrazine groups is 1. The first-order chi connectivity index (χ1) is 12.2. The molecule has 25 heavy (non-hydrogen) atoms. The summed E-state index contributed by atoms with van der Waals surface area (Å²) in [6.45, 7) is 0.196. The molecular weight excluding hydrogens is 320 g/mol. The Morgan fingerprint density at radius 1 is 0.880 bits per heavy atom. The zero-order valence-corrected chi connectivity index (χ0v) is 13.7. The predicted octanol–water partition coefficient (Wildman–Crippen LogP) is 2.20. The van der Waals surface area contributed by atoms with Crippen LogP contribution in [0.1, 0.15) is 18.4 Å². The fourth-order valence-corrected chi connectivity index (χ4v) is 2.18. The lowest BCUT2D eigenvalue weighted by atomic mass is 10.2. The Balaban J connectivity index is 1.48. The van der Waals surface area contributed by atoms with Gasteiger partial charge in [0.25, 0.3) is 5.91 Å². The maximum absolute atomic E-state index is 11.8. The molecule has 1 aliphatic carbocycles. The van der Waals surface area contributed by atoms with E-state index in [0.717, 1.165) is 18.4 Å². The van der Waals surface area contributed by atoms with Crippen LogP contribution in [0, 0.1) is 5.92 Å². The standard InChI is InChI=1S/C19H20N2O4/c22-18(20-21-19(23)15-10-11-15)13-25-17-9-5-4-8-16(17)24-12-14-6-2-1-3-7-14/h1-9,15H,10-13H2,(H,20,22)(H,21,23). The number of hydrogen-bond acceptors (Lipinski definition) is 4. The Hall–Kier alpha value is -3.02. The van der Waals surface area contributed by atoms with Crippen LogP contribution in [-0.2, 0) is 16.2 Å². The van der Waals surface area contributed by atoms with Crippen molar-refractivity contribution in [3.63, 3.8) is 0 Å². The quantitative estimate of drug-likeness (QED) is 0.758. The fraction of sp³-hybridized carbons (Fsp3) is 0.263. The first kappa shape index (κ1) is 16.8. The average molecular weight is 340 g/mol. The van der Waals surface area contributed by atoms with Crippen molar-refractivity contribution in [2.24, 2.45) is 5.92 Å². The third kappa shape index (κ3) is 5.24. The third-order valence-electron chi connectivity index (χ3n) is 3.72. The first-order valence-electron chi connectivity index (χ1n) is 8.19. The number of nitrogens with one attached hydrogen (secondary N) is 2. The number of hydrogen-bond donors (Lipinski definition) is 2. The van der Waals surface area contributed by atoms with Crippen molar-refractivity contribution < 1.29 is 19.1 Å². The van der Waals surface area contributed by atoms with Crippen molar-refractivity contribution >= 4 is 11.8 Å². The summed E-state index contributed by atoms with van der Waals surface area (Å²) in [6, 6.07) is 16.9. The fourth-order valence-electron chi connectivity index (χ4n) is 2.18. The molecule has 3 rings (SSSR count). The second-order valence-corrected chi connectivity index (χ2v) is 5.82. The summed E-state index contributed by atoms with van der Waals surface area (Å²) in [4.78, 5) is 23.2. The smallest absolute Gasteiger partial charge is 0.276 e. The van der Waals surface area contributed by atoms with Gasteiger partial charge in [-0.3, -0.25) is 20.4 Å². The van der Waals surface area contributed by atoms with Crippen LogP contribution in [0.5, 0.6) is 11.5 Å². The van der Waals surface area contributed by atoms with E-state index in [9.17, 15) is 9.59 Å². The lowest BCUT2D eigenvalue weighted by Gasteiger charge is -2.13. The van der Waals surface area contributed by atoms with Crippen LogP contribution < -0.4 is 20.3 Å². The van der Waals surface area contributed by atoms with Crippen LogP contribution in [0.3, 0.4) is 0 Å². The molecule has 2 aromatic carbocycles. The molecule has 1 saturated carbocycles. The van der Waals surface area contributed by atoms with Gasteiger partial charge >= 0.3 is 0 Å². The van der Waals surface area contributed by atoms with E-state index < -0.39 is 5.91 Å². The largest absolute Gasteiger partial charge is 0.485 e. The summed E-state index contributed by atoms with van der Waals surface area (Å²) in [5, 5.41) is 0. The minimum atomic E-state index is -0.424. The van der Waals surface area contributed by atoms with Gasteiger partial charge in [0, 0.05) is 5.92 Å². The maximum Gasteiger partial charge on any atom is 0.276 e. The summed E-state index contributed by atoms with van der Waals surface area (Å²) >= 11 is 0.